The first kappa shape index (κ1) is 11.3. The van der Waals surface area contributed by atoms with Gasteiger partial charge in [-0.2, -0.15) is 0 Å². The molecule has 0 amide bonds. The smallest absolute Gasteiger partial charge is 0.265 e. The monoisotopic (exact) mass is 239 g/mol. The van der Waals surface area contributed by atoms with Gasteiger partial charge >= 0.3 is 0 Å². The minimum Gasteiger partial charge on any atom is -0.296 e. The van der Waals surface area contributed by atoms with E-state index in [2.05, 4.69) is 4.98 Å². The Labute approximate surface area is 88.8 Å². The molecule has 0 N–H and O–H groups in total. The van der Waals surface area contributed by atoms with Gasteiger partial charge in [0.15, 0.2) is 6.29 Å². The van der Waals surface area contributed by atoms with Gasteiger partial charge in [-0.1, -0.05) is 11.6 Å². The number of aldehydes is 1. The second-order valence-electron chi connectivity index (χ2n) is 2.44. The van der Waals surface area contributed by atoms with E-state index in [0.717, 1.165) is 6.20 Å². The van der Waals surface area contributed by atoms with Crippen LogP contribution in [0.3, 0.4) is 0 Å². The van der Waals surface area contributed by atoms with Gasteiger partial charge in [0.05, 0.1) is 10.9 Å². The van der Waals surface area contributed by atoms with E-state index in [4.69, 9.17) is 23.2 Å². The number of halogens is 4. The molecule has 1 aromatic rings. The van der Waals surface area contributed by atoms with Gasteiger partial charge < -0.3 is 0 Å². The average Bonchev–Trinajstić information content (AvgIpc) is 2.16. The van der Waals surface area contributed by atoms with Crippen LogP contribution in [0.5, 0.6) is 0 Å². The first-order valence-electron chi connectivity index (χ1n) is 3.58. The second-order valence-corrected chi connectivity index (χ2v) is 3.11. The van der Waals surface area contributed by atoms with Gasteiger partial charge in [0, 0.05) is 17.3 Å². The Morgan fingerprint density at radius 2 is 2.21 bits per heavy atom. The third-order valence-corrected chi connectivity index (χ3v) is 2.24. The quantitative estimate of drug-likeness (QED) is 0.599. The van der Waals surface area contributed by atoms with Crippen LogP contribution in [0, 0.1) is 0 Å². The third-order valence-electron chi connectivity index (χ3n) is 1.67. The summed E-state index contributed by atoms with van der Waals surface area (Å²) in [7, 11) is 0. The van der Waals surface area contributed by atoms with E-state index >= 15 is 0 Å². The van der Waals surface area contributed by atoms with Crippen molar-refractivity contribution in [1.82, 2.24) is 4.98 Å². The second kappa shape index (κ2) is 4.66. The van der Waals surface area contributed by atoms with Crippen molar-refractivity contribution < 1.29 is 13.6 Å². The summed E-state index contributed by atoms with van der Waals surface area (Å²) in [5, 5.41) is -0.179. The Bertz CT molecular complexity index is 357. The zero-order chi connectivity index (χ0) is 10.7. The number of hydrogen-bond acceptors (Lipinski definition) is 2. The van der Waals surface area contributed by atoms with Crippen molar-refractivity contribution in [2.45, 2.75) is 12.3 Å². The molecule has 0 radical (unpaired) electrons. The van der Waals surface area contributed by atoms with Crippen LogP contribution in [0.1, 0.15) is 28.0 Å². The molecule has 0 saturated carbocycles. The predicted molar refractivity (Wildman–Crippen MR) is 49.1 cm³/mol. The fraction of sp³-hybridized carbons (Fsp3) is 0.250. The van der Waals surface area contributed by atoms with Crippen molar-refractivity contribution in [2.24, 2.45) is 0 Å². The van der Waals surface area contributed by atoms with Crippen LogP contribution in [-0.2, 0) is 5.88 Å². The minimum atomic E-state index is -2.77. The lowest BCUT2D eigenvalue weighted by molar-refractivity contribution is 0.111. The summed E-state index contributed by atoms with van der Waals surface area (Å²) in [4.78, 5) is 14.1. The van der Waals surface area contributed by atoms with E-state index in [1.807, 2.05) is 0 Å². The predicted octanol–water partition coefficient (Wildman–Crippen LogP) is 3.22. The summed E-state index contributed by atoms with van der Waals surface area (Å²) in [5.74, 6) is -0.221. The molecular formula is C8H5Cl2F2NO. The Kier molecular flexibility index (Phi) is 3.77. The molecule has 6 heteroatoms. The number of rotatable bonds is 3. The van der Waals surface area contributed by atoms with Crippen LogP contribution < -0.4 is 0 Å². The summed E-state index contributed by atoms with van der Waals surface area (Å²) >= 11 is 11.0. The van der Waals surface area contributed by atoms with Gasteiger partial charge in [-0.25, -0.2) is 8.78 Å². The Hall–Kier alpha value is -0.740. The number of pyridine rings is 1. The Morgan fingerprint density at radius 3 is 2.64 bits per heavy atom. The number of nitrogens with zero attached hydrogens (tertiary/aromatic N) is 1. The zero-order valence-electron chi connectivity index (χ0n) is 6.81. The molecule has 0 saturated heterocycles. The molecule has 0 aliphatic carbocycles. The van der Waals surface area contributed by atoms with Crippen LogP contribution in [0.25, 0.3) is 0 Å². The number of carbonyl (C=O) groups excluding carboxylic acids is 1. The van der Waals surface area contributed by atoms with Crippen LogP contribution >= 0.6 is 23.2 Å². The van der Waals surface area contributed by atoms with Crippen molar-refractivity contribution >= 4 is 29.5 Å². The molecule has 0 bridgehead atoms. The first-order chi connectivity index (χ1) is 6.61. The fourth-order valence-electron chi connectivity index (χ4n) is 1.03. The lowest BCUT2D eigenvalue weighted by Crippen LogP contribution is -2.02. The summed E-state index contributed by atoms with van der Waals surface area (Å²) < 4.78 is 25.0. The highest BCUT2D eigenvalue weighted by molar-refractivity contribution is 6.31. The third kappa shape index (κ3) is 2.01. The van der Waals surface area contributed by atoms with E-state index in [1.54, 1.807) is 0 Å². The van der Waals surface area contributed by atoms with Gasteiger partial charge in [-0.3, -0.25) is 9.78 Å². The van der Waals surface area contributed by atoms with Gasteiger partial charge in [0.1, 0.15) is 5.69 Å². The van der Waals surface area contributed by atoms with Gasteiger partial charge in [-0.05, 0) is 0 Å². The SMILES string of the molecule is O=Cc1ncc(Cl)c(C(F)F)c1CCl. The maximum Gasteiger partial charge on any atom is 0.265 e. The van der Waals surface area contributed by atoms with Crippen molar-refractivity contribution in [3.05, 3.63) is 28.0 Å². The maximum atomic E-state index is 12.5. The lowest BCUT2D eigenvalue weighted by atomic mass is 10.1. The van der Waals surface area contributed by atoms with Crippen molar-refractivity contribution in [3.63, 3.8) is 0 Å². The van der Waals surface area contributed by atoms with Crippen LogP contribution in [-0.4, -0.2) is 11.3 Å². The van der Waals surface area contributed by atoms with Gasteiger partial charge in [0.25, 0.3) is 6.43 Å². The molecular weight excluding hydrogens is 235 g/mol. The summed E-state index contributed by atoms with van der Waals surface area (Å²) in [6.45, 7) is 0. The van der Waals surface area contributed by atoms with Crippen molar-refractivity contribution in [1.29, 1.82) is 0 Å². The molecule has 14 heavy (non-hydrogen) atoms. The number of hydrogen-bond donors (Lipinski definition) is 0. The molecule has 0 aliphatic rings. The molecule has 1 heterocycles. The zero-order valence-corrected chi connectivity index (χ0v) is 8.32. The van der Waals surface area contributed by atoms with Crippen molar-refractivity contribution in [3.8, 4) is 0 Å². The Balaban J connectivity index is 3.42. The summed E-state index contributed by atoms with van der Waals surface area (Å²) in [6.07, 6.45) is -1.37. The molecule has 0 aromatic carbocycles. The highest BCUT2D eigenvalue weighted by atomic mass is 35.5. The fourth-order valence-corrected chi connectivity index (χ4v) is 1.56. The largest absolute Gasteiger partial charge is 0.296 e. The molecule has 0 spiro atoms. The molecule has 1 rings (SSSR count). The normalized spacial score (nSPS) is 10.6. The minimum absolute atomic E-state index is 0.0100. The van der Waals surface area contributed by atoms with Crippen molar-refractivity contribution in [2.75, 3.05) is 0 Å². The topological polar surface area (TPSA) is 30.0 Å². The highest BCUT2D eigenvalue weighted by Gasteiger charge is 2.20. The Morgan fingerprint density at radius 1 is 1.57 bits per heavy atom. The standard InChI is InChI=1S/C8H5Cl2F2NO/c9-1-4-6(3-14)13-2-5(10)7(4)8(11)12/h2-3,8H,1H2. The molecule has 76 valence electrons. The average molecular weight is 240 g/mol. The molecule has 1 aromatic heterocycles. The summed E-state index contributed by atoms with van der Waals surface area (Å²) in [5.41, 5.74) is -0.525. The van der Waals surface area contributed by atoms with Gasteiger partial charge in [-0.15, -0.1) is 11.6 Å². The first-order valence-corrected chi connectivity index (χ1v) is 4.49. The summed E-state index contributed by atoms with van der Waals surface area (Å²) in [6, 6.07) is 0. The molecule has 0 fully saturated rings. The van der Waals surface area contributed by atoms with Gasteiger partial charge in [0.2, 0.25) is 0 Å². The van der Waals surface area contributed by atoms with E-state index in [1.165, 1.54) is 0 Å². The highest BCUT2D eigenvalue weighted by Crippen LogP contribution is 2.31. The molecule has 0 unspecified atom stereocenters. The van der Waals surface area contributed by atoms with Crippen LogP contribution in [0.15, 0.2) is 6.20 Å². The van der Waals surface area contributed by atoms with E-state index in [9.17, 15) is 13.6 Å². The van der Waals surface area contributed by atoms with Crippen LogP contribution in [0.4, 0.5) is 8.78 Å². The van der Waals surface area contributed by atoms with E-state index < -0.39 is 12.0 Å². The van der Waals surface area contributed by atoms with E-state index in [0.29, 0.717) is 6.29 Å². The number of aromatic nitrogens is 1. The molecule has 0 atom stereocenters. The maximum absolute atomic E-state index is 12.5. The lowest BCUT2D eigenvalue weighted by Gasteiger charge is -2.09. The molecule has 2 nitrogen and oxygen atoms in total. The molecule has 0 aliphatic heterocycles. The van der Waals surface area contributed by atoms with Crippen LogP contribution in [0.2, 0.25) is 5.02 Å². The number of carbonyl (C=O) groups is 1. The van der Waals surface area contributed by atoms with E-state index in [-0.39, 0.29) is 22.2 Å². The number of alkyl halides is 3.